The third-order valence-electron chi connectivity index (χ3n) is 4.00. The van der Waals surface area contributed by atoms with Crippen LogP contribution in [0.4, 0.5) is 21.9 Å². The first kappa shape index (κ1) is 15.7. The van der Waals surface area contributed by atoms with E-state index in [1.807, 2.05) is 6.07 Å². The SMILES string of the molecule is CC1(C)C(=O)N(c2ccc([N+](=O)[O-])cc2)C(=O)N1c1ccccc1. The van der Waals surface area contributed by atoms with Crippen molar-refractivity contribution < 1.29 is 14.5 Å². The number of imide groups is 1. The van der Waals surface area contributed by atoms with E-state index < -0.39 is 16.5 Å². The van der Waals surface area contributed by atoms with E-state index in [0.29, 0.717) is 11.4 Å². The molecule has 0 aromatic heterocycles. The number of rotatable bonds is 3. The quantitative estimate of drug-likeness (QED) is 0.492. The van der Waals surface area contributed by atoms with Crippen molar-refractivity contribution in [1.29, 1.82) is 0 Å². The van der Waals surface area contributed by atoms with Gasteiger partial charge in [0.1, 0.15) is 5.54 Å². The second-order valence-corrected chi connectivity index (χ2v) is 5.93. The van der Waals surface area contributed by atoms with Gasteiger partial charge in [-0.2, -0.15) is 0 Å². The van der Waals surface area contributed by atoms with E-state index in [-0.39, 0.29) is 11.6 Å². The first-order valence-electron chi connectivity index (χ1n) is 7.32. The van der Waals surface area contributed by atoms with E-state index in [1.165, 1.54) is 29.2 Å². The van der Waals surface area contributed by atoms with Crippen LogP contribution in [-0.4, -0.2) is 22.4 Å². The number of benzene rings is 2. The van der Waals surface area contributed by atoms with Crippen LogP contribution in [0.2, 0.25) is 0 Å². The molecule has 0 spiro atoms. The van der Waals surface area contributed by atoms with Crippen molar-refractivity contribution in [3.63, 3.8) is 0 Å². The van der Waals surface area contributed by atoms with Crippen LogP contribution >= 0.6 is 0 Å². The van der Waals surface area contributed by atoms with Gasteiger partial charge in [-0.05, 0) is 38.1 Å². The van der Waals surface area contributed by atoms with E-state index in [1.54, 1.807) is 38.1 Å². The van der Waals surface area contributed by atoms with E-state index in [2.05, 4.69) is 0 Å². The van der Waals surface area contributed by atoms with Gasteiger partial charge in [0.2, 0.25) is 0 Å². The number of nitro benzene ring substituents is 1. The minimum atomic E-state index is -1.06. The van der Waals surface area contributed by atoms with Gasteiger partial charge >= 0.3 is 6.03 Å². The summed E-state index contributed by atoms with van der Waals surface area (Å²) in [4.78, 5) is 38.3. The van der Waals surface area contributed by atoms with Crippen molar-refractivity contribution in [2.24, 2.45) is 0 Å². The average molecular weight is 325 g/mol. The number of amides is 3. The lowest BCUT2D eigenvalue weighted by atomic mass is 10.0. The van der Waals surface area contributed by atoms with Crippen LogP contribution in [0.5, 0.6) is 0 Å². The average Bonchev–Trinajstić information content (AvgIpc) is 2.73. The molecule has 1 aliphatic rings. The molecule has 3 rings (SSSR count). The predicted octanol–water partition coefficient (Wildman–Crippen LogP) is 3.35. The minimum absolute atomic E-state index is 0.1000. The Balaban J connectivity index is 2.03. The maximum absolute atomic E-state index is 12.8. The molecule has 2 aromatic carbocycles. The molecule has 0 atom stereocenters. The van der Waals surface area contributed by atoms with Crippen molar-refractivity contribution in [1.82, 2.24) is 0 Å². The van der Waals surface area contributed by atoms with Crippen LogP contribution in [0.1, 0.15) is 13.8 Å². The number of nitro groups is 1. The van der Waals surface area contributed by atoms with Gasteiger partial charge in [0.05, 0.1) is 10.6 Å². The lowest BCUT2D eigenvalue weighted by molar-refractivity contribution is -0.384. The van der Waals surface area contributed by atoms with Crippen molar-refractivity contribution >= 4 is 29.0 Å². The molecule has 1 aliphatic heterocycles. The van der Waals surface area contributed by atoms with Gasteiger partial charge in [0.25, 0.3) is 11.6 Å². The highest BCUT2D eigenvalue weighted by atomic mass is 16.6. The van der Waals surface area contributed by atoms with Crippen molar-refractivity contribution in [3.05, 3.63) is 64.7 Å². The Morgan fingerprint density at radius 3 is 2.04 bits per heavy atom. The second kappa shape index (κ2) is 5.45. The molecule has 3 amide bonds. The van der Waals surface area contributed by atoms with Crippen LogP contribution < -0.4 is 9.80 Å². The van der Waals surface area contributed by atoms with Gasteiger partial charge in [-0.3, -0.25) is 19.8 Å². The van der Waals surface area contributed by atoms with Crippen LogP contribution in [0.15, 0.2) is 54.6 Å². The van der Waals surface area contributed by atoms with E-state index in [9.17, 15) is 19.7 Å². The third kappa shape index (κ3) is 2.30. The molecule has 7 heteroatoms. The molecule has 1 fully saturated rings. The highest BCUT2D eigenvalue weighted by Crippen LogP contribution is 2.36. The number of nitrogens with zero attached hydrogens (tertiary/aromatic N) is 3. The molecule has 0 saturated carbocycles. The first-order valence-corrected chi connectivity index (χ1v) is 7.32. The summed E-state index contributed by atoms with van der Waals surface area (Å²) in [5.41, 5.74) is -0.232. The monoisotopic (exact) mass is 325 g/mol. The highest BCUT2D eigenvalue weighted by Gasteiger charge is 2.52. The van der Waals surface area contributed by atoms with Gasteiger partial charge in [-0.25, -0.2) is 9.69 Å². The largest absolute Gasteiger partial charge is 0.336 e. The van der Waals surface area contributed by atoms with Gasteiger partial charge in [0, 0.05) is 17.8 Å². The maximum Gasteiger partial charge on any atom is 0.336 e. The zero-order valence-corrected chi connectivity index (χ0v) is 13.2. The number of anilines is 2. The number of non-ortho nitro benzene ring substituents is 1. The molecule has 2 aromatic rings. The van der Waals surface area contributed by atoms with Crippen LogP contribution in [0, 0.1) is 10.1 Å². The Bertz CT molecular complexity index is 815. The molecular weight excluding hydrogens is 310 g/mol. The number of hydrogen-bond acceptors (Lipinski definition) is 4. The lowest BCUT2D eigenvalue weighted by Gasteiger charge is -2.27. The minimum Gasteiger partial charge on any atom is -0.279 e. The topological polar surface area (TPSA) is 83.8 Å². The Morgan fingerprint density at radius 1 is 0.917 bits per heavy atom. The fourth-order valence-corrected chi connectivity index (χ4v) is 2.76. The molecule has 7 nitrogen and oxygen atoms in total. The summed E-state index contributed by atoms with van der Waals surface area (Å²) >= 11 is 0. The zero-order chi connectivity index (χ0) is 17.5. The third-order valence-corrected chi connectivity index (χ3v) is 4.00. The van der Waals surface area contributed by atoms with Crippen molar-refractivity contribution in [3.8, 4) is 0 Å². The van der Waals surface area contributed by atoms with Crippen LogP contribution in [0.25, 0.3) is 0 Å². The Kier molecular flexibility index (Phi) is 3.56. The molecule has 0 unspecified atom stereocenters. The molecule has 0 N–H and O–H groups in total. The number of hydrogen-bond donors (Lipinski definition) is 0. The maximum atomic E-state index is 12.8. The van der Waals surface area contributed by atoms with Crippen LogP contribution in [-0.2, 0) is 4.79 Å². The molecule has 0 aliphatic carbocycles. The van der Waals surface area contributed by atoms with Crippen molar-refractivity contribution in [2.45, 2.75) is 19.4 Å². The second-order valence-electron chi connectivity index (χ2n) is 5.93. The Labute approximate surface area is 138 Å². The number of para-hydroxylation sites is 1. The van der Waals surface area contributed by atoms with Gasteiger partial charge < -0.3 is 0 Å². The van der Waals surface area contributed by atoms with E-state index in [4.69, 9.17) is 0 Å². The van der Waals surface area contributed by atoms with Gasteiger partial charge in [0.15, 0.2) is 0 Å². The zero-order valence-electron chi connectivity index (χ0n) is 13.2. The molecule has 24 heavy (non-hydrogen) atoms. The van der Waals surface area contributed by atoms with Gasteiger partial charge in [-0.15, -0.1) is 0 Å². The summed E-state index contributed by atoms with van der Waals surface area (Å²) in [6.45, 7) is 3.34. The number of carbonyl (C=O) groups is 2. The summed E-state index contributed by atoms with van der Waals surface area (Å²) in [6, 6.07) is 13.8. The fourth-order valence-electron chi connectivity index (χ4n) is 2.76. The summed E-state index contributed by atoms with van der Waals surface area (Å²) in [6.07, 6.45) is 0. The summed E-state index contributed by atoms with van der Waals surface area (Å²) < 4.78 is 0. The highest BCUT2D eigenvalue weighted by molar-refractivity contribution is 6.30. The summed E-state index contributed by atoms with van der Waals surface area (Å²) in [5.74, 6) is -0.384. The first-order chi connectivity index (χ1) is 11.3. The fraction of sp³-hybridized carbons (Fsp3) is 0.176. The standard InChI is InChI=1S/C17H15N3O4/c1-17(2)15(21)18(12-8-10-14(11-9-12)20(23)24)16(22)19(17)13-6-4-3-5-7-13/h3-11H,1-2H3. The molecule has 1 heterocycles. The molecule has 1 saturated heterocycles. The molecule has 0 bridgehead atoms. The molecular formula is C17H15N3O4. The van der Waals surface area contributed by atoms with E-state index in [0.717, 1.165) is 4.90 Å². The van der Waals surface area contributed by atoms with Crippen molar-refractivity contribution in [2.75, 3.05) is 9.80 Å². The Morgan fingerprint density at radius 2 is 1.50 bits per heavy atom. The Hall–Kier alpha value is -3.22. The summed E-state index contributed by atoms with van der Waals surface area (Å²) in [7, 11) is 0. The number of carbonyl (C=O) groups excluding carboxylic acids is 2. The summed E-state index contributed by atoms with van der Waals surface area (Å²) in [5, 5.41) is 10.8. The lowest BCUT2D eigenvalue weighted by Crippen LogP contribution is -2.44. The van der Waals surface area contributed by atoms with E-state index >= 15 is 0 Å². The molecule has 0 radical (unpaired) electrons. The smallest absolute Gasteiger partial charge is 0.279 e. The predicted molar refractivity (Wildman–Crippen MR) is 89.0 cm³/mol. The van der Waals surface area contributed by atoms with Gasteiger partial charge in [-0.1, -0.05) is 18.2 Å². The normalized spacial score (nSPS) is 16.6. The molecule has 122 valence electrons. The number of urea groups is 1. The van der Waals surface area contributed by atoms with Crippen LogP contribution in [0.3, 0.4) is 0 Å².